The molecule has 2 aromatic carbocycles. The number of fused-ring (bicyclic) bond motifs is 1. The minimum atomic E-state index is -0.843. The maximum Gasteiger partial charge on any atom is 0.224 e. The zero-order chi connectivity index (χ0) is 21.1. The number of hydrogen-bond acceptors (Lipinski definition) is 5. The zero-order valence-electron chi connectivity index (χ0n) is 16.6. The molecule has 4 rings (SSSR count). The molecule has 0 aromatic heterocycles. The van der Waals surface area contributed by atoms with Crippen molar-refractivity contribution in [1.29, 1.82) is 0 Å². The molecule has 2 heterocycles. The third-order valence-corrected chi connectivity index (χ3v) is 5.52. The van der Waals surface area contributed by atoms with E-state index in [-0.39, 0.29) is 12.5 Å². The van der Waals surface area contributed by atoms with E-state index in [0.717, 1.165) is 17.3 Å². The molecule has 6 nitrogen and oxygen atoms in total. The molecule has 8 heteroatoms. The summed E-state index contributed by atoms with van der Waals surface area (Å²) in [6.45, 7) is 3.44. The summed E-state index contributed by atoms with van der Waals surface area (Å²) >= 11 is 0. The Morgan fingerprint density at radius 3 is 2.60 bits per heavy atom. The fourth-order valence-electron chi connectivity index (χ4n) is 3.86. The Kier molecular flexibility index (Phi) is 6.15. The minimum Gasteiger partial charge on any atom is -0.491 e. The summed E-state index contributed by atoms with van der Waals surface area (Å²) < 4.78 is 32.3. The maximum atomic E-state index is 13.4. The number of nitrogens with zero attached hydrogens (tertiary/aromatic N) is 2. The van der Waals surface area contributed by atoms with E-state index in [1.165, 1.54) is 6.07 Å². The SMILES string of the molecule is O=C1CCc2cc(OC[C@H](O)CN3CCN(c4ccc(F)c(F)c4)CC3)ccc2N1. The van der Waals surface area contributed by atoms with Gasteiger partial charge in [0, 0.05) is 56.6 Å². The molecule has 0 aliphatic carbocycles. The molecule has 1 fully saturated rings. The van der Waals surface area contributed by atoms with E-state index >= 15 is 0 Å². The number of aliphatic hydroxyl groups is 1. The van der Waals surface area contributed by atoms with Crippen molar-refractivity contribution in [2.75, 3.05) is 49.5 Å². The number of carbonyl (C=O) groups is 1. The van der Waals surface area contributed by atoms with Crippen LogP contribution in [0.15, 0.2) is 36.4 Å². The highest BCUT2D eigenvalue weighted by atomic mass is 19.2. The molecule has 0 saturated carbocycles. The average Bonchev–Trinajstić information content (AvgIpc) is 2.75. The Morgan fingerprint density at radius 1 is 1.03 bits per heavy atom. The van der Waals surface area contributed by atoms with Gasteiger partial charge in [0.15, 0.2) is 11.6 Å². The Balaban J connectivity index is 1.23. The van der Waals surface area contributed by atoms with E-state index in [2.05, 4.69) is 10.2 Å². The van der Waals surface area contributed by atoms with Crippen molar-refractivity contribution in [3.63, 3.8) is 0 Å². The molecule has 30 heavy (non-hydrogen) atoms. The smallest absolute Gasteiger partial charge is 0.224 e. The third-order valence-electron chi connectivity index (χ3n) is 5.52. The van der Waals surface area contributed by atoms with Crippen LogP contribution in [0.5, 0.6) is 5.75 Å². The monoisotopic (exact) mass is 417 g/mol. The molecule has 2 N–H and O–H groups in total. The van der Waals surface area contributed by atoms with Gasteiger partial charge in [0.05, 0.1) is 0 Å². The lowest BCUT2D eigenvalue weighted by Crippen LogP contribution is -2.49. The molecular formula is C22H25F2N3O3. The number of halogens is 2. The van der Waals surface area contributed by atoms with Crippen LogP contribution in [0.3, 0.4) is 0 Å². The van der Waals surface area contributed by atoms with Crippen LogP contribution < -0.4 is 15.0 Å². The number of hydrogen-bond donors (Lipinski definition) is 2. The van der Waals surface area contributed by atoms with E-state index in [1.807, 2.05) is 17.0 Å². The number of rotatable bonds is 6. The third kappa shape index (κ3) is 4.88. The quantitative estimate of drug-likeness (QED) is 0.756. The van der Waals surface area contributed by atoms with Gasteiger partial charge in [-0.25, -0.2) is 8.78 Å². The van der Waals surface area contributed by atoms with Gasteiger partial charge in [-0.05, 0) is 42.3 Å². The first-order valence-electron chi connectivity index (χ1n) is 10.1. The summed E-state index contributed by atoms with van der Waals surface area (Å²) in [6, 6.07) is 9.47. The van der Waals surface area contributed by atoms with Crippen LogP contribution in [-0.4, -0.2) is 61.3 Å². The molecule has 2 aliphatic heterocycles. The van der Waals surface area contributed by atoms with Crippen LogP contribution in [0.2, 0.25) is 0 Å². The second kappa shape index (κ2) is 8.97. The van der Waals surface area contributed by atoms with Crippen molar-refractivity contribution in [3.05, 3.63) is 53.6 Å². The summed E-state index contributed by atoms with van der Waals surface area (Å²) in [5, 5.41) is 13.2. The normalized spacial score (nSPS) is 18.0. The lowest BCUT2D eigenvalue weighted by Gasteiger charge is -2.36. The molecule has 2 aromatic rings. The van der Waals surface area contributed by atoms with E-state index in [4.69, 9.17) is 4.74 Å². The topological polar surface area (TPSA) is 65.0 Å². The van der Waals surface area contributed by atoms with Crippen LogP contribution in [0, 0.1) is 11.6 Å². The summed E-state index contributed by atoms with van der Waals surface area (Å²) in [6.07, 6.45) is 0.509. The molecule has 0 bridgehead atoms. The van der Waals surface area contributed by atoms with Crippen LogP contribution in [0.1, 0.15) is 12.0 Å². The largest absolute Gasteiger partial charge is 0.491 e. The lowest BCUT2D eigenvalue weighted by atomic mass is 10.0. The van der Waals surface area contributed by atoms with E-state index in [0.29, 0.717) is 57.0 Å². The number of anilines is 2. The van der Waals surface area contributed by atoms with Gasteiger partial charge in [-0.15, -0.1) is 0 Å². The summed E-state index contributed by atoms with van der Waals surface area (Å²) in [4.78, 5) is 15.6. The van der Waals surface area contributed by atoms with Crippen LogP contribution in [0.25, 0.3) is 0 Å². The van der Waals surface area contributed by atoms with Gasteiger partial charge in [-0.1, -0.05) is 0 Å². The number of nitrogens with one attached hydrogen (secondary N) is 1. The fraction of sp³-hybridized carbons (Fsp3) is 0.409. The van der Waals surface area contributed by atoms with Crippen molar-refractivity contribution in [1.82, 2.24) is 4.90 Å². The van der Waals surface area contributed by atoms with Gasteiger partial charge in [0.2, 0.25) is 5.91 Å². The van der Waals surface area contributed by atoms with Crippen LogP contribution >= 0.6 is 0 Å². The number of aliphatic hydroxyl groups excluding tert-OH is 1. The van der Waals surface area contributed by atoms with Crippen molar-refractivity contribution in [3.8, 4) is 5.75 Å². The number of piperazine rings is 1. The first kappa shape index (κ1) is 20.6. The molecular weight excluding hydrogens is 392 g/mol. The molecule has 2 aliphatic rings. The van der Waals surface area contributed by atoms with Crippen molar-refractivity contribution in [2.24, 2.45) is 0 Å². The Hall–Kier alpha value is -2.71. The standard InChI is InChI=1S/C22H25F2N3O3/c23-19-4-2-16(12-20(19)24)27-9-7-26(8-10-27)13-17(28)14-30-18-3-5-21-15(11-18)1-6-22(29)25-21/h2-5,11-12,17,28H,1,6-10,13-14H2,(H,25,29)/t17-/m1/s1. The molecule has 0 spiro atoms. The summed E-state index contributed by atoms with van der Waals surface area (Å²) in [5.41, 5.74) is 2.52. The maximum absolute atomic E-state index is 13.4. The summed E-state index contributed by atoms with van der Waals surface area (Å²) in [7, 11) is 0. The predicted molar refractivity (Wildman–Crippen MR) is 110 cm³/mol. The average molecular weight is 417 g/mol. The minimum absolute atomic E-state index is 0.0243. The Labute approximate surface area is 174 Å². The number of ether oxygens (including phenoxy) is 1. The van der Waals surface area contributed by atoms with Gasteiger partial charge in [-0.2, -0.15) is 0 Å². The molecule has 160 valence electrons. The highest BCUT2D eigenvalue weighted by molar-refractivity contribution is 5.93. The lowest BCUT2D eigenvalue weighted by molar-refractivity contribution is -0.116. The molecule has 1 amide bonds. The van der Waals surface area contributed by atoms with Crippen LogP contribution in [0.4, 0.5) is 20.2 Å². The number of β-amino-alcohol motifs (C(OH)–C–C–N with tert-alkyl or cyclic N) is 1. The van der Waals surface area contributed by atoms with E-state index in [9.17, 15) is 18.7 Å². The number of benzene rings is 2. The molecule has 0 unspecified atom stereocenters. The van der Waals surface area contributed by atoms with Crippen LogP contribution in [-0.2, 0) is 11.2 Å². The number of aryl methyl sites for hydroxylation is 1. The van der Waals surface area contributed by atoms with Crippen molar-refractivity contribution < 1.29 is 23.4 Å². The van der Waals surface area contributed by atoms with Crippen molar-refractivity contribution in [2.45, 2.75) is 18.9 Å². The van der Waals surface area contributed by atoms with Gasteiger partial charge in [0.1, 0.15) is 18.5 Å². The fourth-order valence-corrected chi connectivity index (χ4v) is 3.86. The Morgan fingerprint density at radius 2 is 1.83 bits per heavy atom. The van der Waals surface area contributed by atoms with Gasteiger partial charge >= 0.3 is 0 Å². The number of carbonyl (C=O) groups excluding carboxylic acids is 1. The highest BCUT2D eigenvalue weighted by Gasteiger charge is 2.21. The second-order valence-electron chi connectivity index (χ2n) is 7.72. The molecule has 1 saturated heterocycles. The first-order chi connectivity index (χ1) is 14.5. The second-order valence-corrected chi connectivity index (χ2v) is 7.72. The highest BCUT2D eigenvalue weighted by Crippen LogP contribution is 2.27. The van der Waals surface area contributed by atoms with Gasteiger partial charge < -0.3 is 20.1 Å². The predicted octanol–water partition coefficient (Wildman–Crippen LogP) is 2.41. The molecule has 0 radical (unpaired) electrons. The zero-order valence-corrected chi connectivity index (χ0v) is 16.6. The number of amides is 1. The Bertz CT molecular complexity index is 916. The summed E-state index contributed by atoms with van der Waals surface area (Å²) in [5.74, 6) is -0.986. The van der Waals surface area contributed by atoms with Crippen molar-refractivity contribution >= 4 is 17.3 Å². The van der Waals surface area contributed by atoms with E-state index < -0.39 is 17.7 Å². The van der Waals surface area contributed by atoms with Gasteiger partial charge in [-0.3, -0.25) is 9.69 Å². The van der Waals surface area contributed by atoms with Gasteiger partial charge in [0.25, 0.3) is 0 Å². The first-order valence-corrected chi connectivity index (χ1v) is 10.1. The molecule has 1 atom stereocenters. The van der Waals surface area contributed by atoms with E-state index in [1.54, 1.807) is 12.1 Å².